The molecule has 84 valence electrons. The van der Waals surface area contributed by atoms with E-state index in [1.165, 1.54) is 12.8 Å². The first kappa shape index (κ1) is 10.6. The molecule has 0 saturated carbocycles. The van der Waals surface area contributed by atoms with Crippen molar-refractivity contribution in [1.29, 1.82) is 0 Å². The third-order valence-electron chi connectivity index (χ3n) is 2.85. The van der Waals surface area contributed by atoms with Crippen molar-refractivity contribution in [2.75, 3.05) is 6.54 Å². The quantitative estimate of drug-likeness (QED) is 0.809. The van der Waals surface area contributed by atoms with E-state index in [4.69, 9.17) is 0 Å². The molecule has 1 aliphatic heterocycles. The summed E-state index contributed by atoms with van der Waals surface area (Å²) in [5.74, 6) is 1.78. The van der Waals surface area contributed by atoms with Crippen molar-refractivity contribution in [1.82, 2.24) is 20.1 Å². The summed E-state index contributed by atoms with van der Waals surface area (Å²) in [5, 5.41) is 11.7. The Kier molecular flexibility index (Phi) is 3.36. The first-order valence-corrected chi connectivity index (χ1v) is 5.86. The number of rotatable bonds is 4. The van der Waals surface area contributed by atoms with Crippen LogP contribution < -0.4 is 5.32 Å². The fourth-order valence-corrected chi connectivity index (χ4v) is 2.13. The molecule has 0 aliphatic carbocycles. The zero-order valence-electron chi connectivity index (χ0n) is 9.61. The normalized spacial score (nSPS) is 21.4. The Morgan fingerprint density at radius 3 is 3.13 bits per heavy atom. The van der Waals surface area contributed by atoms with E-state index in [1.54, 1.807) is 0 Å². The SMILES string of the molecule is CC(C)Cn1cnnc1CC1CCCN1. The second-order valence-electron chi connectivity index (χ2n) is 4.79. The molecule has 0 radical (unpaired) electrons. The molecule has 4 nitrogen and oxygen atoms in total. The van der Waals surface area contributed by atoms with Crippen molar-refractivity contribution in [3.8, 4) is 0 Å². The van der Waals surface area contributed by atoms with E-state index in [0.29, 0.717) is 12.0 Å². The van der Waals surface area contributed by atoms with Crippen LogP contribution in [0.25, 0.3) is 0 Å². The van der Waals surface area contributed by atoms with E-state index in [-0.39, 0.29) is 0 Å². The van der Waals surface area contributed by atoms with E-state index in [9.17, 15) is 0 Å². The van der Waals surface area contributed by atoms with Crippen LogP contribution in [0.15, 0.2) is 6.33 Å². The highest BCUT2D eigenvalue weighted by molar-refractivity contribution is 4.92. The maximum absolute atomic E-state index is 4.21. The molecule has 0 aromatic carbocycles. The van der Waals surface area contributed by atoms with Gasteiger partial charge in [-0.05, 0) is 25.3 Å². The van der Waals surface area contributed by atoms with Crippen molar-refractivity contribution < 1.29 is 0 Å². The highest BCUT2D eigenvalue weighted by atomic mass is 15.3. The third kappa shape index (κ3) is 2.78. The molecule has 1 unspecified atom stereocenters. The molecule has 1 aromatic rings. The van der Waals surface area contributed by atoms with Gasteiger partial charge in [-0.1, -0.05) is 13.8 Å². The average molecular weight is 208 g/mol. The molecule has 0 bridgehead atoms. The van der Waals surface area contributed by atoms with Gasteiger partial charge in [0.25, 0.3) is 0 Å². The van der Waals surface area contributed by atoms with Gasteiger partial charge in [0.05, 0.1) is 0 Å². The van der Waals surface area contributed by atoms with E-state index in [2.05, 4.69) is 33.9 Å². The molecule has 1 aromatic heterocycles. The molecule has 1 aliphatic rings. The van der Waals surface area contributed by atoms with Crippen LogP contribution in [0.3, 0.4) is 0 Å². The molecule has 0 spiro atoms. The molecule has 15 heavy (non-hydrogen) atoms. The molecule has 0 amide bonds. The van der Waals surface area contributed by atoms with Crippen LogP contribution in [0.1, 0.15) is 32.5 Å². The Morgan fingerprint density at radius 2 is 2.47 bits per heavy atom. The van der Waals surface area contributed by atoms with Gasteiger partial charge in [0.1, 0.15) is 12.2 Å². The smallest absolute Gasteiger partial charge is 0.134 e. The number of nitrogens with one attached hydrogen (secondary N) is 1. The number of hydrogen-bond acceptors (Lipinski definition) is 3. The van der Waals surface area contributed by atoms with Gasteiger partial charge in [0.2, 0.25) is 0 Å². The lowest BCUT2D eigenvalue weighted by molar-refractivity contribution is 0.488. The molecule has 2 heterocycles. The highest BCUT2D eigenvalue weighted by Gasteiger charge is 2.17. The summed E-state index contributed by atoms with van der Waals surface area (Å²) in [7, 11) is 0. The van der Waals surface area contributed by atoms with Crippen LogP contribution >= 0.6 is 0 Å². The van der Waals surface area contributed by atoms with Gasteiger partial charge in [-0.15, -0.1) is 10.2 Å². The van der Waals surface area contributed by atoms with Crippen molar-refractivity contribution >= 4 is 0 Å². The molecule has 1 fully saturated rings. The van der Waals surface area contributed by atoms with Gasteiger partial charge in [0.15, 0.2) is 0 Å². The van der Waals surface area contributed by atoms with Crippen molar-refractivity contribution in [2.45, 2.75) is 45.7 Å². The minimum atomic E-state index is 0.611. The molecule has 4 heteroatoms. The molecule has 2 rings (SSSR count). The van der Waals surface area contributed by atoms with E-state index in [0.717, 1.165) is 25.3 Å². The molecular formula is C11H20N4. The minimum Gasteiger partial charge on any atom is -0.317 e. The first-order valence-electron chi connectivity index (χ1n) is 5.86. The van der Waals surface area contributed by atoms with Crippen LogP contribution in [0.5, 0.6) is 0 Å². The topological polar surface area (TPSA) is 42.7 Å². The molecule has 1 atom stereocenters. The van der Waals surface area contributed by atoms with E-state index < -0.39 is 0 Å². The maximum Gasteiger partial charge on any atom is 0.134 e. The number of nitrogens with zero attached hydrogens (tertiary/aromatic N) is 3. The third-order valence-corrected chi connectivity index (χ3v) is 2.85. The summed E-state index contributed by atoms with van der Waals surface area (Å²) in [6, 6.07) is 0.611. The van der Waals surface area contributed by atoms with E-state index in [1.807, 2.05) is 6.33 Å². The Morgan fingerprint density at radius 1 is 1.60 bits per heavy atom. The Labute approximate surface area is 91.1 Å². The summed E-state index contributed by atoms with van der Waals surface area (Å²) in [6.45, 7) is 6.62. The average Bonchev–Trinajstić information content (AvgIpc) is 2.78. The Balaban J connectivity index is 1.97. The summed E-state index contributed by atoms with van der Waals surface area (Å²) >= 11 is 0. The van der Waals surface area contributed by atoms with Gasteiger partial charge in [-0.25, -0.2) is 0 Å². The van der Waals surface area contributed by atoms with Gasteiger partial charge >= 0.3 is 0 Å². The fraction of sp³-hybridized carbons (Fsp3) is 0.818. The van der Waals surface area contributed by atoms with Crippen LogP contribution in [0.4, 0.5) is 0 Å². The summed E-state index contributed by atoms with van der Waals surface area (Å²) < 4.78 is 2.19. The molecule has 1 saturated heterocycles. The molecular weight excluding hydrogens is 188 g/mol. The van der Waals surface area contributed by atoms with Crippen LogP contribution in [-0.4, -0.2) is 27.4 Å². The summed E-state index contributed by atoms with van der Waals surface area (Å²) in [6.07, 6.45) is 5.44. The number of aromatic nitrogens is 3. The predicted molar refractivity (Wildman–Crippen MR) is 59.6 cm³/mol. The Bertz CT molecular complexity index is 299. The molecule has 1 N–H and O–H groups in total. The van der Waals surface area contributed by atoms with Gasteiger partial charge < -0.3 is 9.88 Å². The van der Waals surface area contributed by atoms with Crippen LogP contribution in [-0.2, 0) is 13.0 Å². The minimum absolute atomic E-state index is 0.611. The highest BCUT2D eigenvalue weighted by Crippen LogP contribution is 2.11. The van der Waals surface area contributed by atoms with Crippen LogP contribution in [0, 0.1) is 5.92 Å². The van der Waals surface area contributed by atoms with Gasteiger partial charge in [-0.2, -0.15) is 0 Å². The van der Waals surface area contributed by atoms with Crippen molar-refractivity contribution in [3.63, 3.8) is 0 Å². The lowest BCUT2D eigenvalue weighted by Gasteiger charge is -2.12. The fourth-order valence-electron chi connectivity index (χ4n) is 2.13. The standard InChI is InChI=1S/C11H20N4/c1-9(2)7-15-8-13-14-11(15)6-10-4-3-5-12-10/h8-10,12H,3-7H2,1-2H3. The monoisotopic (exact) mass is 208 g/mol. The maximum atomic E-state index is 4.21. The lowest BCUT2D eigenvalue weighted by atomic mass is 10.1. The second-order valence-corrected chi connectivity index (χ2v) is 4.79. The van der Waals surface area contributed by atoms with Crippen molar-refractivity contribution in [2.24, 2.45) is 5.92 Å². The predicted octanol–water partition coefficient (Wildman–Crippen LogP) is 1.23. The summed E-state index contributed by atoms with van der Waals surface area (Å²) in [4.78, 5) is 0. The van der Waals surface area contributed by atoms with Crippen LogP contribution in [0.2, 0.25) is 0 Å². The van der Waals surface area contributed by atoms with E-state index >= 15 is 0 Å². The van der Waals surface area contributed by atoms with Gasteiger partial charge in [0, 0.05) is 19.0 Å². The zero-order valence-corrected chi connectivity index (χ0v) is 9.61. The Hall–Kier alpha value is -0.900. The first-order chi connectivity index (χ1) is 7.25. The second kappa shape index (κ2) is 4.75. The summed E-state index contributed by atoms with van der Waals surface area (Å²) in [5.41, 5.74) is 0. The lowest BCUT2D eigenvalue weighted by Crippen LogP contribution is -2.25. The zero-order chi connectivity index (χ0) is 10.7. The largest absolute Gasteiger partial charge is 0.317 e. The van der Waals surface area contributed by atoms with Crippen molar-refractivity contribution in [3.05, 3.63) is 12.2 Å². The number of hydrogen-bond donors (Lipinski definition) is 1. The van der Waals surface area contributed by atoms with Gasteiger partial charge in [-0.3, -0.25) is 0 Å².